The fourth-order valence-corrected chi connectivity index (χ4v) is 1.79. The van der Waals surface area contributed by atoms with E-state index >= 15 is 0 Å². The highest BCUT2D eigenvalue weighted by Crippen LogP contribution is 2.05. The molecule has 0 aliphatic carbocycles. The molecule has 0 fully saturated rings. The van der Waals surface area contributed by atoms with Gasteiger partial charge in [-0.25, -0.2) is 0 Å². The first kappa shape index (κ1) is 12.3. The first-order valence-electron chi connectivity index (χ1n) is 5.82. The maximum absolute atomic E-state index is 2.41. The van der Waals surface area contributed by atoms with Crippen LogP contribution in [0.4, 0.5) is 0 Å². The minimum atomic E-state index is 0.757. The first-order chi connectivity index (χ1) is 7.08. The van der Waals surface area contributed by atoms with Crippen molar-refractivity contribution in [1.82, 2.24) is 4.90 Å². The monoisotopic (exact) mass is 205 g/mol. The lowest BCUT2D eigenvalue weighted by Crippen LogP contribution is -2.25. The van der Waals surface area contributed by atoms with Crippen molar-refractivity contribution in [3.8, 4) is 0 Å². The molecule has 0 amide bonds. The molecule has 84 valence electrons. The third-order valence-electron chi connectivity index (χ3n) is 2.58. The van der Waals surface area contributed by atoms with E-state index in [1.165, 1.54) is 17.7 Å². The predicted octanol–water partition coefficient (Wildman–Crippen LogP) is 3.13. The van der Waals surface area contributed by atoms with Gasteiger partial charge in [0.2, 0.25) is 0 Å². The molecular formula is C14H23N. The normalized spacial score (nSPS) is 11.3. The van der Waals surface area contributed by atoms with Crippen molar-refractivity contribution >= 4 is 0 Å². The van der Waals surface area contributed by atoms with Crippen LogP contribution in [0, 0.1) is 12.8 Å². The zero-order chi connectivity index (χ0) is 11.3. The predicted molar refractivity (Wildman–Crippen MR) is 67.2 cm³/mol. The summed E-state index contributed by atoms with van der Waals surface area (Å²) in [5.41, 5.74) is 2.78. The van der Waals surface area contributed by atoms with Gasteiger partial charge in [-0.15, -0.1) is 0 Å². The van der Waals surface area contributed by atoms with Crippen molar-refractivity contribution < 1.29 is 0 Å². The highest BCUT2D eigenvalue weighted by atomic mass is 15.1. The molecule has 1 nitrogen and oxygen atoms in total. The Balaban J connectivity index is 2.33. The van der Waals surface area contributed by atoms with Crippen molar-refractivity contribution in [1.29, 1.82) is 0 Å². The van der Waals surface area contributed by atoms with E-state index in [0.717, 1.165) is 18.9 Å². The highest BCUT2D eigenvalue weighted by molar-refractivity contribution is 5.21. The van der Waals surface area contributed by atoms with Gasteiger partial charge >= 0.3 is 0 Å². The summed E-state index contributed by atoms with van der Waals surface area (Å²) in [6.07, 6.45) is 1.16. The molecule has 0 unspecified atom stereocenters. The molecule has 0 N–H and O–H groups in total. The van der Waals surface area contributed by atoms with Crippen molar-refractivity contribution in [2.24, 2.45) is 5.92 Å². The van der Waals surface area contributed by atoms with Gasteiger partial charge in [0.25, 0.3) is 0 Å². The smallest absolute Gasteiger partial charge is 0.00189 e. The summed E-state index contributed by atoms with van der Waals surface area (Å²) in [6, 6.07) is 8.85. The van der Waals surface area contributed by atoms with E-state index in [9.17, 15) is 0 Å². The van der Waals surface area contributed by atoms with Crippen LogP contribution in [0.1, 0.15) is 25.0 Å². The van der Waals surface area contributed by atoms with Crippen LogP contribution >= 0.6 is 0 Å². The lowest BCUT2D eigenvalue weighted by Gasteiger charge is -2.18. The van der Waals surface area contributed by atoms with Crippen LogP contribution < -0.4 is 0 Å². The Hall–Kier alpha value is -0.820. The number of hydrogen-bond donors (Lipinski definition) is 0. The summed E-state index contributed by atoms with van der Waals surface area (Å²) in [5, 5.41) is 0. The van der Waals surface area contributed by atoms with E-state index < -0.39 is 0 Å². The molecule has 0 bridgehead atoms. The third kappa shape index (κ3) is 4.98. The quantitative estimate of drug-likeness (QED) is 0.714. The molecule has 0 aromatic heterocycles. The molecule has 0 saturated carbocycles. The Bertz CT molecular complexity index is 274. The minimum Gasteiger partial charge on any atom is -0.306 e. The lowest BCUT2D eigenvalue weighted by molar-refractivity contribution is 0.299. The Morgan fingerprint density at radius 3 is 2.27 bits per heavy atom. The summed E-state index contributed by atoms with van der Waals surface area (Å²) < 4.78 is 0. The van der Waals surface area contributed by atoms with Gasteiger partial charge in [0.05, 0.1) is 0 Å². The van der Waals surface area contributed by atoms with Crippen LogP contribution in [0.3, 0.4) is 0 Å². The largest absolute Gasteiger partial charge is 0.306 e. The summed E-state index contributed by atoms with van der Waals surface area (Å²) in [6.45, 7) is 9.01. The Labute approximate surface area is 94.1 Å². The second-order valence-corrected chi connectivity index (χ2v) is 4.89. The summed E-state index contributed by atoms with van der Waals surface area (Å²) in [5.74, 6) is 0.757. The number of benzene rings is 1. The van der Waals surface area contributed by atoms with Crippen molar-refractivity contribution in [3.63, 3.8) is 0 Å². The minimum absolute atomic E-state index is 0.757. The van der Waals surface area contributed by atoms with Gasteiger partial charge < -0.3 is 4.90 Å². The van der Waals surface area contributed by atoms with Gasteiger partial charge in [-0.1, -0.05) is 43.7 Å². The zero-order valence-corrected chi connectivity index (χ0v) is 10.5. The molecule has 0 radical (unpaired) electrons. The average molecular weight is 205 g/mol. The molecule has 1 rings (SSSR count). The second kappa shape index (κ2) is 5.92. The molecule has 0 aliphatic rings. The molecule has 0 heterocycles. The molecule has 1 heteroatoms. The van der Waals surface area contributed by atoms with E-state index in [0.29, 0.717) is 0 Å². The maximum atomic E-state index is 2.41. The molecule has 0 saturated heterocycles. The number of likely N-dealkylation sites (N-methyl/N-ethyl adjacent to an activating group) is 1. The Kier molecular flexibility index (Phi) is 4.83. The van der Waals surface area contributed by atoms with E-state index in [1.54, 1.807) is 0 Å². The van der Waals surface area contributed by atoms with E-state index in [1.807, 2.05) is 0 Å². The zero-order valence-electron chi connectivity index (χ0n) is 10.5. The molecule has 0 aliphatic heterocycles. The molecule has 0 spiro atoms. The lowest BCUT2D eigenvalue weighted by atomic mass is 10.1. The number of nitrogens with zero attached hydrogens (tertiary/aromatic N) is 1. The SMILES string of the molecule is Cc1ccc(CCN(C)CC(C)C)cc1. The topological polar surface area (TPSA) is 3.24 Å². The van der Waals surface area contributed by atoms with Gasteiger partial charge in [0.1, 0.15) is 0 Å². The number of hydrogen-bond acceptors (Lipinski definition) is 1. The molecule has 1 aromatic carbocycles. The van der Waals surface area contributed by atoms with E-state index in [2.05, 4.69) is 57.0 Å². The van der Waals surface area contributed by atoms with Gasteiger partial charge in [0.15, 0.2) is 0 Å². The van der Waals surface area contributed by atoms with E-state index in [-0.39, 0.29) is 0 Å². The van der Waals surface area contributed by atoms with Gasteiger partial charge in [0, 0.05) is 13.1 Å². The van der Waals surface area contributed by atoms with Crippen molar-refractivity contribution in [2.75, 3.05) is 20.1 Å². The second-order valence-electron chi connectivity index (χ2n) is 4.89. The fourth-order valence-electron chi connectivity index (χ4n) is 1.79. The van der Waals surface area contributed by atoms with Gasteiger partial charge in [-0.3, -0.25) is 0 Å². The van der Waals surface area contributed by atoms with Crippen LogP contribution in [0.2, 0.25) is 0 Å². The highest BCUT2D eigenvalue weighted by Gasteiger charge is 2.01. The van der Waals surface area contributed by atoms with Crippen LogP contribution in [0.5, 0.6) is 0 Å². The van der Waals surface area contributed by atoms with Gasteiger partial charge in [-0.05, 0) is 31.9 Å². The maximum Gasteiger partial charge on any atom is 0.00189 e. The van der Waals surface area contributed by atoms with Crippen molar-refractivity contribution in [2.45, 2.75) is 27.2 Å². The Morgan fingerprint density at radius 2 is 1.73 bits per heavy atom. The van der Waals surface area contributed by atoms with Crippen LogP contribution in [0.15, 0.2) is 24.3 Å². The molecule has 1 aromatic rings. The van der Waals surface area contributed by atoms with Crippen LogP contribution in [-0.4, -0.2) is 25.0 Å². The molecule has 15 heavy (non-hydrogen) atoms. The first-order valence-corrected chi connectivity index (χ1v) is 5.82. The standard InChI is InChI=1S/C14H23N/c1-12(2)11-15(4)10-9-14-7-5-13(3)6-8-14/h5-8,12H,9-11H2,1-4H3. The van der Waals surface area contributed by atoms with Crippen LogP contribution in [0.25, 0.3) is 0 Å². The van der Waals surface area contributed by atoms with Crippen LogP contribution in [-0.2, 0) is 6.42 Å². The summed E-state index contributed by atoms with van der Waals surface area (Å²) in [7, 11) is 2.20. The van der Waals surface area contributed by atoms with Gasteiger partial charge in [-0.2, -0.15) is 0 Å². The fraction of sp³-hybridized carbons (Fsp3) is 0.571. The molecular weight excluding hydrogens is 182 g/mol. The average Bonchev–Trinajstić information content (AvgIpc) is 2.16. The van der Waals surface area contributed by atoms with E-state index in [4.69, 9.17) is 0 Å². The third-order valence-corrected chi connectivity index (χ3v) is 2.58. The van der Waals surface area contributed by atoms with Crippen molar-refractivity contribution in [3.05, 3.63) is 35.4 Å². The Morgan fingerprint density at radius 1 is 1.13 bits per heavy atom. The number of aryl methyl sites for hydroxylation is 1. The summed E-state index contributed by atoms with van der Waals surface area (Å²) >= 11 is 0. The molecule has 0 atom stereocenters. The number of rotatable bonds is 5. The summed E-state index contributed by atoms with van der Waals surface area (Å²) in [4.78, 5) is 2.41.